The van der Waals surface area contributed by atoms with Gasteiger partial charge in [-0.3, -0.25) is 9.78 Å². The average Bonchev–Trinajstić information content (AvgIpc) is 2.52. The number of nitrogens with one attached hydrogen (secondary N) is 2. The van der Waals surface area contributed by atoms with Crippen molar-refractivity contribution in [3.8, 4) is 0 Å². The van der Waals surface area contributed by atoms with Crippen LogP contribution >= 0.6 is 0 Å². The lowest BCUT2D eigenvalue weighted by Gasteiger charge is -2.08. The van der Waals surface area contributed by atoms with Crippen LogP contribution in [0.3, 0.4) is 0 Å². The molecule has 2 N–H and O–H groups in total. The first-order valence-electron chi connectivity index (χ1n) is 7.08. The molecule has 0 saturated heterocycles. The molecule has 0 aliphatic carbocycles. The highest BCUT2D eigenvalue weighted by Crippen LogP contribution is 2.07. The van der Waals surface area contributed by atoms with Crippen molar-refractivity contribution >= 4 is 11.7 Å². The average molecular weight is 284 g/mol. The lowest BCUT2D eigenvalue weighted by molar-refractivity contribution is 0.0950. The van der Waals surface area contributed by atoms with E-state index in [9.17, 15) is 4.79 Å². The minimum atomic E-state index is -0.132. The zero-order valence-corrected chi connectivity index (χ0v) is 12.4. The smallest absolute Gasteiger partial charge is 0.253 e. The van der Waals surface area contributed by atoms with Crippen molar-refractivity contribution in [3.63, 3.8) is 0 Å². The molecular weight excluding hydrogens is 264 g/mol. The van der Waals surface area contributed by atoms with Gasteiger partial charge in [-0.1, -0.05) is 6.92 Å². The molecule has 2 aromatic rings. The monoisotopic (exact) mass is 284 g/mol. The quantitative estimate of drug-likeness (QED) is 0.855. The Morgan fingerprint density at radius 1 is 1.24 bits per heavy atom. The minimum Gasteiger partial charge on any atom is -0.370 e. The number of carbonyl (C=O) groups excluding carboxylic acids is 1. The summed E-state index contributed by atoms with van der Waals surface area (Å²) in [6.07, 6.45) is 6.13. The van der Waals surface area contributed by atoms with Crippen LogP contribution in [0.5, 0.6) is 0 Å². The molecule has 0 radical (unpaired) electrons. The fraction of sp³-hybridized carbons (Fsp3) is 0.312. The summed E-state index contributed by atoms with van der Waals surface area (Å²) in [5, 5.41) is 6.05. The topological polar surface area (TPSA) is 66.9 Å². The largest absolute Gasteiger partial charge is 0.370 e. The first-order valence-corrected chi connectivity index (χ1v) is 7.08. The molecule has 2 heterocycles. The standard InChI is InChI=1S/C16H20N4O/c1-3-7-18-15-5-4-13(10-19-15)16(21)20-11-14-9-17-8-6-12(14)2/h4-6,8-10H,3,7,11H2,1-2H3,(H,18,19)(H,20,21). The third-order valence-electron chi connectivity index (χ3n) is 3.17. The predicted molar refractivity (Wildman–Crippen MR) is 83.2 cm³/mol. The Morgan fingerprint density at radius 3 is 2.76 bits per heavy atom. The minimum absolute atomic E-state index is 0.132. The molecule has 0 bridgehead atoms. The van der Waals surface area contributed by atoms with Gasteiger partial charge in [0, 0.05) is 31.7 Å². The van der Waals surface area contributed by atoms with Crippen LogP contribution in [0.25, 0.3) is 0 Å². The fourth-order valence-electron chi connectivity index (χ4n) is 1.85. The summed E-state index contributed by atoms with van der Waals surface area (Å²) in [6, 6.07) is 5.52. The van der Waals surface area contributed by atoms with Crippen LogP contribution in [-0.2, 0) is 6.54 Å². The molecule has 0 aliphatic heterocycles. The molecule has 5 heteroatoms. The van der Waals surface area contributed by atoms with Crippen LogP contribution in [0.2, 0.25) is 0 Å². The van der Waals surface area contributed by atoms with E-state index in [0.29, 0.717) is 12.1 Å². The van der Waals surface area contributed by atoms with E-state index in [0.717, 1.165) is 29.9 Å². The van der Waals surface area contributed by atoms with E-state index >= 15 is 0 Å². The third-order valence-corrected chi connectivity index (χ3v) is 3.17. The first-order chi connectivity index (χ1) is 10.2. The maximum atomic E-state index is 12.1. The number of hydrogen-bond acceptors (Lipinski definition) is 4. The van der Waals surface area contributed by atoms with E-state index in [1.807, 2.05) is 19.1 Å². The summed E-state index contributed by atoms with van der Waals surface area (Å²) in [5.41, 5.74) is 2.68. The normalized spacial score (nSPS) is 10.2. The number of anilines is 1. The molecular formula is C16H20N4O. The highest BCUT2D eigenvalue weighted by molar-refractivity contribution is 5.94. The van der Waals surface area contributed by atoms with Gasteiger partial charge in [-0.05, 0) is 42.7 Å². The Hall–Kier alpha value is -2.43. The van der Waals surface area contributed by atoms with Gasteiger partial charge in [-0.25, -0.2) is 4.98 Å². The maximum Gasteiger partial charge on any atom is 0.253 e. The van der Waals surface area contributed by atoms with Crippen LogP contribution in [0.1, 0.15) is 34.8 Å². The predicted octanol–water partition coefficient (Wildman–Crippen LogP) is 2.54. The SMILES string of the molecule is CCCNc1ccc(C(=O)NCc2cnccc2C)cn1. The number of aromatic nitrogens is 2. The lowest BCUT2D eigenvalue weighted by Crippen LogP contribution is -2.23. The van der Waals surface area contributed by atoms with Gasteiger partial charge >= 0.3 is 0 Å². The van der Waals surface area contributed by atoms with Crippen molar-refractivity contribution in [1.82, 2.24) is 15.3 Å². The van der Waals surface area contributed by atoms with Gasteiger partial charge in [-0.15, -0.1) is 0 Å². The summed E-state index contributed by atoms with van der Waals surface area (Å²) in [5.74, 6) is 0.657. The van der Waals surface area contributed by atoms with E-state index in [1.54, 1.807) is 24.7 Å². The lowest BCUT2D eigenvalue weighted by atomic mass is 10.1. The highest BCUT2D eigenvalue weighted by Gasteiger charge is 2.07. The van der Waals surface area contributed by atoms with Gasteiger partial charge < -0.3 is 10.6 Å². The van der Waals surface area contributed by atoms with Crippen molar-refractivity contribution in [2.75, 3.05) is 11.9 Å². The van der Waals surface area contributed by atoms with Gasteiger partial charge in [0.05, 0.1) is 5.56 Å². The second-order valence-corrected chi connectivity index (χ2v) is 4.84. The van der Waals surface area contributed by atoms with E-state index in [4.69, 9.17) is 0 Å². The van der Waals surface area contributed by atoms with Crippen LogP contribution in [0, 0.1) is 6.92 Å². The summed E-state index contributed by atoms with van der Waals surface area (Å²) in [4.78, 5) is 20.4. The molecule has 0 fully saturated rings. The molecule has 0 spiro atoms. The number of carbonyl (C=O) groups is 1. The molecule has 2 aromatic heterocycles. The second-order valence-electron chi connectivity index (χ2n) is 4.84. The maximum absolute atomic E-state index is 12.1. The van der Waals surface area contributed by atoms with Crippen LogP contribution < -0.4 is 10.6 Å². The molecule has 0 aromatic carbocycles. The van der Waals surface area contributed by atoms with Gasteiger partial charge in [0.2, 0.25) is 0 Å². The van der Waals surface area contributed by atoms with Gasteiger partial charge in [0.15, 0.2) is 0 Å². The van der Waals surface area contributed by atoms with Crippen molar-refractivity contribution < 1.29 is 4.79 Å². The first kappa shape index (κ1) is 15.0. The Balaban J connectivity index is 1.93. The van der Waals surface area contributed by atoms with Crippen molar-refractivity contribution in [1.29, 1.82) is 0 Å². The van der Waals surface area contributed by atoms with Gasteiger partial charge in [0.1, 0.15) is 5.82 Å². The van der Waals surface area contributed by atoms with Gasteiger partial charge in [0.25, 0.3) is 5.91 Å². The number of hydrogen-bond donors (Lipinski definition) is 2. The fourth-order valence-corrected chi connectivity index (χ4v) is 1.85. The van der Waals surface area contributed by atoms with Crippen molar-refractivity contribution in [2.24, 2.45) is 0 Å². The summed E-state index contributed by atoms with van der Waals surface area (Å²) < 4.78 is 0. The molecule has 110 valence electrons. The molecule has 2 rings (SSSR count). The molecule has 5 nitrogen and oxygen atoms in total. The summed E-state index contributed by atoms with van der Waals surface area (Å²) in [7, 11) is 0. The number of pyridine rings is 2. The molecule has 1 amide bonds. The Bertz CT molecular complexity index is 595. The molecule has 0 saturated carbocycles. The summed E-state index contributed by atoms with van der Waals surface area (Å²) >= 11 is 0. The summed E-state index contributed by atoms with van der Waals surface area (Å²) in [6.45, 7) is 5.43. The van der Waals surface area contributed by atoms with Crippen LogP contribution in [0.4, 0.5) is 5.82 Å². The molecule has 0 unspecified atom stereocenters. The van der Waals surface area contributed by atoms with Crippen molar-refractivity contribution in [3.05, 3.63) is 53.5 Å². The molecule has 0 atom stereocenters. The van der Waals surface area contributed by atoms with Gasteiger partial charge in [-0.2, -0.15) is 0 Å². The third kappa shape index (κ3) is 4.27. The Labute approximate surface area is 124 Å². The van der Waals surface area contributed by atoms with E-state index in [1.165, 1.54) is 0 Å². The zero-order valence-electron chi connectivity index (χ0n) is 12.4. The van der Waals surface area contributed by atoms with Crippen LogP contribution in [-0.4, -0.2) is 22.4 Å². The number of nitrogens with zero attached hydrogens (tertiary/aromatic N) is 2. The van der Waals surface area contributed by atoms with E-state index < -0.39 is 0 Å². The van der Waals surface area contributed by atoms with Crippen LogP contribution in [0.15, 0.2) is 36.8 Å². The Kier molecular flexibility index (Phi) is 5.26. The number of amides is 1. The molecule has 0 aliphatic rings. The van der Waals surface area contributed by atoms with E-state index in [-0.39, 0.29) is 5.91 Å². The Morgan fingerprint density at radius 2 is 2.10 bits per heavy atom. The zero-order chi connectivity index (χ0) is 15.1. The highest BCUT2D eigenvalue weighted by atomic mass is 16.1. The number of aryl methyl sites for hydroxylation is 1. The second kappa shape index (κ2) is 7.38. The molecule has 21 heavy (non-hydrogen) atoms. The van der Waals surface area contributed by atoms with E-state index in [2.05, 4.69) is 27.5 Å². The number of rotatable bonds is 6. The van der Waals surface area contributed by atoms with Crippen molar-refractivity contribution in [2.45, 2.75) is 26.8 Å².